The molecule has 0 aromatic heterocycles. The fourth-order valence-electron chi connectivity index (χ4n) is 1.37. The molecule has 1 aromatic rings. The van der Waals surface area contributed by atoms with E-state index in [0.717, 1.165) is 0 Å². The topological polar surface area (TPSA) is 102 Å². The Morgan fingerprint density at radius 3 is 2.55 bits per heavy atom. The van der Waals surface area contributed by atoms with Crippen molar-refractivity contribution >= 4 is 17.7 Å². The first-order chi connectivity index (χ1) is 9.52. The van der Waals surface area contributed by atoms with Gasteiger partial charge in [-0.25, -0.2) is 9.59 Å². The molecule has 104 valence electrons. The summed E-state index contributed by atoms with van der Waals surface area (Å²) in [5, 5.41) is 22.5. The van der Waals surface area contributed by atoms with Crippen LogP contribution in [0.4, 0.5) is 10.5 Å². The molecule has 6 heteroatoms. The molecule has 1 rings (SSSR count). The Kier molecular flexibility index (Phi) is 5.78. The number of carboxylic acids is 1. The van der Waals surface area contributed by atoms with Crippen molar-refractivity contribution in [2.24, 2.45) is 0 Å². The summed E-state index contributed by atoms with van der Waals surface area (Å²) in [5.74, 6) is -0.966. The molecule has 2 amide bonds. The number of carbonyl (C=O) groups is 2. The number of hydrogen-bond acceptors (Lipinski definition) is 3. The largest absolute Gasteiger partial charge is 0.478 e. The Morgan fingerprint density at radius 2 is 2.00 bits per heavy atom. The van der Waals surface area contributed by atoms with E-state index in [2.05, 4.69) is 10.6 Å². The predicted molar refractivity (Wildman–Crippen MR) is 74.2 cm³/mol. The van der Waals surface area contributed by atoms with Crippen LogP contribution in [0.5, 0.6) is 0 Å². The maximum Gasteiger partial charge on any atom is 0.330 e. The van der Waals surface area contributed by atoms with Crippen LogP contribution in [0.3, 0.4) is 0 Å². The minimum absolute atomic E-state index is 0.249. The van der Waals surface area contributed by atoms with E-state index in [0.29, 0.717) is 24.2 Å². The molecular formula is C14H15N3O3. The Bertz CT molecular complexity index is 556. The highest BCUT2D eigenvalue weighted by Crippen LogP contribution is 2.08. The maximum atomic E-state index is 11.5. The van der Waals surface area contributed by atoms with Crippen molar-refractivity contribution < 1.29 is 14.7 Å². The van der Waals surface area contributed by atoms with Crippen LogP contribution < -0.4 is 10.6 Å². The van der Waals surface area contributed by atoms with E-state index in [1.807, 2.05) is 6.07 Å². The normalized spacial score (nSPS) is 10.5. The third-order valence-corrected chi connectivity index (χ3v) is 2.49. The molecule has 0 atom stereocenters. The number of aliphatic carboxylic acids is 1. The Morgan fingerprint density at radius 1 is 1.35 bits per heavy atom. The second-order valence-corrected chi connectivity index (χ2v) is 4.05. The number of carboxylic acid groups (broad SMARTS) is 1. The van der Waals surface area contributed by atoms with Gasteiger partial charge in [0.1, 0.15) is 0 Å². The number of nitriles is 1. The second-order valence-electron chi connectivity index (χ2n) is 4.05. The summed E-state index contributed by atoms with van der Waals surface area (Å²) in [6.45, 7) is 1.84. The molecule has 0 spiro atoms. The third-order valence-electron chi connectivity index (χ3n) is 2.49. The van der Waals surface area contributed by atoms with E-state index in [1.165, 1.54) is 6.92 Å². The quantitative estimate of drug-likeness (QED) is 0.564. The average molecular weight is 273 g/mol. The van der Waals surface area contributed by atoms with Crippen LogP contribution in [0.1, 0.15) is 18.9 Å². The Balaban J connectivity index is 2.35. The van der Waals surface area contributed by atoms with Gasteiger partial charge in [0.15, 0.2) is 0 Å². The zero-order chi connectivity index (χ0) is 15.0. The molecule has 0 aliphatic rings. The van der Waals surface area contributed by atoms with E-state index in [4.69, 9.17) is 10.4 Å². The van der Waals surface area contributed by atoms with Crippen molar-refractivity contribution in [3.63, 3.8) is 0 Å². The van der Waals surface area contributed by atoms with Gasteiger partial charge < -0.3 is 15.7 Å². The average Bonchev–Trinajstić information content (AvgIpc) is 2.44. The monoisotopic (exact) mass is 273 g/mol. The van der Waals surface area contributed by atoms with Gasteiger partial charge in [-0.2, -0.15) is 5.26 Å². The lowest BCUT2D eigenvalue weighted by Gasteiger charge is -2.06. The molecule has 0 radical (unpaired) electrons. The van der Waals surface area contributed by atoms with Gasteiger partial charge in [0.05, 0.1) is 11.6 Å². The van der Waals surface area contributed by atoms with Crippen LogP contribution in [0.25, 0.3) is 0 Å². The van der Waals surface area contributed by atoms with Gasteiger partial charge in [-0.3, -0.25) is 0 Å². The van der Waals surface area contributed by atoms with Gasteiger partial charge in [0.2, 0.25) is 0 Å². The lowest BCUT2D eigenvalue weighted by Crippen LogP contribution is -2.29. The number of benzene rings is 1. The second kappa shape index (κ2) is 7.59. The summed E-state index contributed by atoms with van der Waals surface area (Å²) in [6.07, 6.45) is 1.99. The highest BCUT2D eigenvalue weighted by Gasteiger charge is 2.01. The van der Waals surface area contributed by atoms with Crippen molar-refractivity contribution in [3.8, 4) is 6.07 Å². The number of nitrogens with one attached hydrogen (secondary N) is 2. The molecule has 0 heterocycles. The summed E-state index contributed by atoms with van der Waals surface area (Å²) in [4.78, 5) is 22.1. The summed E-state index contributed by atoms with van der Waals surface area (Å²) in [6, 6.07) is 8.08. The summed E-state index contributed by atoms with van der Waals surface area (Å²) in [5.41, 5.74) is 1.35. The molecule has 0 unspecified atom stereocenters. The maximum absolute atomic E-state index is 11.5. The van der Waals surface area contributed by atoms with Gasteiger partial charge in [-0.05, 0) is 37.6 Å². The summed E-state index contributed by atoms with van der Waals surface area (Å²) in [7, 11) is 0. The molecule has 0 saturated carbocycles. The van der Waals surface area contributed by atoms with Crippen LogP contribution in [0.15, 0.2) is 35.9 Å². The first-order valence-electron chi connectivity index (χ1n) is 5.98. The van der Waals surface area contributed by atoms with E-state index in [9.17, 15) is 9.59 Å². The van der Waals surface area contributed by atoms with Crippen LogP contribution in [0.2, 0.25) is 0 Å². The van der Waals surface area contributed by atoms with Crippen LogP contribution in [0, 0.1) is 11.3 Å². The SMILES string of the molecule is CC(=CCCNC(=O)Nc1ccc(C#N)cc1)C(=O)O. The highest BCUT2D eigenvalue weighted by atomic mass is 16.4. The van der Waals surface area contributed by atoms with Crippen molar-refractivity contribution in [1.29, 1.82) is 5.26 Å². The molecule has 0 saturated heterocycles. The van der Waals surface area contributed by atoms with E-state index >= 15 is 0 Å². The van der Waals surface area contributed by atoms with Crippen molar-refractivity contribution in [1.82, 2.24) is 5.32 Å². The smallest absolute Gasteiger partial charge is 0.330 e. The van der Waals surface area contributed by atoms with Crippen molar-refractivity contribution in [2.45, 2.75) is 13.3 Å². The predicted octanol–water partition coefficient (Wildman–Crippen LogP) is 2.10. The zero-order valence-corrected chi connectivity index (χ0v) is 11.0. The number of nitrogens with zero attached hydrogens (tertiary/aromatic N) is 1. The molecule has 20 heavy (non-hydrogen) atoms. The number of amides is 2. The molecule has 6 nitrogen and oxygen atoms in total. The Hall–Kier alpha value is -2.81. The van der Waals surface area contributed by atoms with E-state index in [1.54, 1.807) is 30.3 Å². The van der Waals surface area contributed by atoms with Gasteiger partial charge in [-0.15, -0.1) is 0 Å². The molecule has 0 aliphatic carbocycles. The van der Waals surface area contributed by atoms with Gasteiger partial charge >= 0.3 is 12.0 Å². The molecular weight excluding hydrogens is 258 g/mol. The molecule has 0 fully saturated rings. The molecule has 3 N–H and O–H groups in total. The van der Waals surface area contributed by atoms with Crippen molar-refractivity contribution in [2.75, 3.05) is 11.9 Å². The first-order valence-corrected chi connectivity index (χ1v) is 5.98. The summed E-state index contributed by atoms with van der Waals surface area (Å²) >= 11 is 0. The highest BCUT2D eigenvalue weighted by molar-refractivity contribution is 5.89. The fraction of sp³-hybridized carbons (Fsp3) is 0.214. The summed E-state index contributed by atoms with van der Waals surface area (Å²) < 4.78 is 0. The standard InChI is InChI=1S/C14H15N3O3/c1-10(13(18)19)3-2-8-16-14(20)17-12-6-4-11(9-15)5-7-12/h3-7H,2,8H2,1H3,(H,18,19)(H2,16,17,20). The van der Waals surface area contributed by atoms with Gasteiger partial charge in [0.25, 0.3) is 0 Å². The molecule has 1 aromatic carbocycles. The van der Waals surface area contributed by atoms with E-state index < -0.39 is 5.97 Å². The first kappa shape index (κ1) is 15.2. The molecule has 0 bridgehead atoms. The van der Waals surface area contributed by atoms with Gasteiger partial charge in [-0.1, -0.05) is 6.08 Å². The third kappa shape index (κ3) is 5.23. The number of urea groups is 1. The Labute approximate surface area is 116 Å². The minimum atomic E-state index is -0.966. The lowest BCUT2D eigenvalue weighted by molar-refractivity contribution is -0.132. The van der Waals surface area contributed by atoms with Crippen molar-refractivity contribution in [3.05, 3.63) is 41.5 Å². The number of rotatable bonds is 5. The van der Waals surface area contributed by atoms with E-state index in [-0.39, 0.29) is 11.6 Å². The molecule has 0 aliphatic heterocycles. The lowest BCUT2D eigenvalue weighted by atomic mass is 10.2. The zero-order valence-electron chi connectivity index (χ0n) is 11.0. The number of anilines is 1. The van der Waals surface area contributed by atoms with Crippen LogP contribution in [-0.4, -0.2) is 23.7 Å². The minimum Gasteiger partial charge on any atom is -0.478 e. The fourth-order valence-corrected chi connectivity index (χ4v) is 1.37. The van der Waals surface area contributed by atoms with Gasteiger partial charge in [0, 0.05) is 17.8 Å². The number of hydrogen-bond donors (Lipinski definition) is 3. The number of carbonyl (C=O) groups excluding carboxylic acids is 1. The van der Waals surface area contributed by atoms with Crippen LogP contribution >= 0.6 is 0 Å². The van der Waals surface area contributed by atoms with Crippen LogP contribution in [-0.2, 0) is 4.79 Å².